The normalized spacial score (nSPS) is 12.9. The summed E-state index contributed by atoms with van der Waals surface area (Å²) in [5, 5.41) is 10.3. The topological polar surface area (TPSA) is 55.8 Å². The Labute approximate surface area is 211 Å². The third-order valence-corrected chi connectivity index (χ3v) is 6.80. The van der Waals surface area contributed by atoms with Crippen molar-refractivity contribution >= 4 is 5.97 Å². The molecule has 36 heavy (non-hydrogen) atoms. The zero-order valence-electron chi connectivity index (χ0n) is 20.5. The van der Waals surface area contributed by atoms with Crippen LogP contribution in [0.15, 0.2) is 103 Å². The van der Waals surface area contributed by atoms with Crippen molar-refractivity contribution in [3.63, 3.8) is 0 Å². The van der Waals surface area contributed by atoms with E-state index in [9.17, 15) is 9.90 Å². The standard InChI is InChI=1S/C32H28O4/c1-21(2)31(34)36-19-18-35-25-15-12-23(13-16-25)32(24-14-17-30(33)22(3)20-24)28-10-6-4-8-26(28)27-9-5-7-11-29(27)32/h4-17,20,33H,1,18-19H2,2-3H3. The zero-order valence-corrected chi connectivity index (χ0v) is 20.5. The molecular weight excluding hydrogens is 448 g/mol. The van der Waals surface area contributed by atoms with E-state index < -0.39 is 11.4 Å². The highest BCUT2D eigenvalue weighted by atomic mass is 16.6. The van der Waals surface area contributed by atoms with Crippen molar-refractivity contribution in [2.75, 3.05) is 13.2 Å². The first-order valence-electron chi connectivity index (χ1n) is 12.0. The predicted octanol–water partition coefficient (Wildman–Crippen LogP) is 6.56. The molecule has 180 valence electrons. The molecule has 1 aliphatic rings. The Morgan fingerprint density at radius 1 is 0.833 bits per heavy atom. The summed E-state index contributed by atoms with van der Waals surface area (Å²) in [5.41, 5.74) is 7.68. The second-order valence-corrected chi connectivity index (χ2v) is 9.13. The number of esters is 1. The molecule has 4 aromatic carbocycles. The van der Waals surface area contributed by atoms with Crippen LogP contribution in [-0.2, 0) is 14.9 Å². The molecule has 0 atom stereocenters. The first-order valence-corrected chi connectivity index (χ1v) is 12.0. The van der Waals surface area contributed by atoms with Gasteiger partial charge in [-0.3, -0.25) is 0 Å². The summed E-state index contributed by atoms with van der Waals surface area (Å²) in [6.45, 7) is 7.54. The Morgan fingerprint density at radius 2 is 1.42 bits per heavy atom. The fourth-order valence-corrected chi connectivity index (χ4v) is 5.13. The summed E-state index contributed by atoms with van der Waals surface area (Å²) in [4.78, 5) is 11.6. The van der Waals surface area contributed by atoms with Gasteiger partial charge in [0, 0.05) is 5.57 Å². The molecule has 0 radical (unpaired) electrons. The van der Waals surface area contributed by atoms with Crippen molar-refractivity contribution in [3.8, 4) is 22.6 Å². The quantitative estimate of drug-likeness (QED) is 0.164. The number of phenols is 1. The smallest absolute Gasteiger partial charge is 0.333 e. The molecule has 0 saturated heterocycles. The van der Waals surface area contributed by atoms with Crippen LogP contribution >= 0.6 is 0 Å². The van der Waals surface area contributed by atoms with E-state index in [0.29, 0.717) is 11.3 Å². The predicted molar refractivity (Wildman–Crippen MR) is 141 cm³/mol. The van der Waals surface area contributed by atoms with Crippen molar-refractivity contribution in [1.29, 1.82) is 0 Å². The van der Waals surface area contributed by atoms with Crippen LogP contribution in [0.3, 0.4) is 0 Å². The first-order chi connectivity index (χ1) is 17.4. The molecule has 0 aromatic heterocycles. The van der Waals surface area contributed by atoms with E-state index in [1.807, 2.05) is 25.1 Å². The lowest BCUT2D eigenvalue weighted by Gasteiger charge is -2.34. The number of carbonyl (C=O) groups is 1. The van der Waals surface area contributed by atoms with Gasteiger partial charge in [0.25, 0.3) is 0 Å². The van der Waals surface area contributed by atoms with Gasteiger partial charge >= 0.3 is 5.97 Å². The molecule has 1 aliphatic carbocycles. The van der Waals surface area contributed by atoms with E-state index in [-0.39, 0.29) is 19.0 Å². The lowest BCUT2D eigenvalue weighted by Crippen LogP contribution is -2.28. The van der Waals surface area contributed by atoms with Crippen molar-refractivity contribution in [1.82, 2.24) is 0 Å². The largest absolute Gasteiger partial charge is 0.508 e. The molecule has 4 heteroatoms. The minimum Gasteiger partial charge on any atom is -0.508 e. The highest BCUT2D eigenvalue weighted by Crippen LogP contribution is 2.56. The SMILES string of the molecule is C=C(C)C(=O)OCCOc1ccc(C2(c3ccc(O)c(C)c3)c3ccccc3-c3ccccc32)cc1. The molecule has 5 rings (SSSR count). The summed E-state index contributed by atoms with van der Waals surface area (Å²) in [6, 6.07) is 31.0. The second kappa shape index (κ2) is 9.38. The van der Waals surface area contributed by atoms with Crippen molar-refractivity contribution < 1.29 is 19.4 Å². The second-order valence-electron chi connectivity index (χ2n) is 9.13. The number of hydrogen-bond acceptors (Lipinski definition) is 4. The van der Waals surface area contributed by atoms with Crippen LogP contribution < -0.4 is 4.74 Å². The van der Waals surface area contributed by atoms with E-state index in [2.05, 4.69) is 73.3 Å². The van der Waals surface area contributed by atoms with Crippen LogP contribution in [0.5, 0.6) is 11.5 Å². The summed E-state index contributed by atoms with van der Waals surface area (Å²) in [5.74, 6) is 0.560. The van der Waals surface area contributed by atoms with E-state index in [4.69, 9.17) is 9.47 Å². The molecule has 4 aromatic rings. The van der Waals surface area contributed by atoms with E-state index in [0.717, 1.165) is 16.7 Å². The molecule has 0 unspecified atom stereocenters. The molecule has 4 nitrogen and oxygen atoms in total. The number of rotatable bonds is 7. The molecule has 0 heterocycles. The van der Waals surface area contributed by atoms with E-state index >= 15 is 0 Å². The Kier molecular flexibility index (Phi) is 6.11. The van der Waals surface area contributed by atoms with Crippen LogP contribution in [-0.4, -0.2) is 24.3 Å². The van der Waals surface area contributed by atoms with Crippen molar-refractivity contribution in [2.45, 2.75) is 19.3 Å². The maximum Gasteiger partial charge on any atom is 0.333 e. The molecule has 0 bridgehead atoms. The summed E-state index contributed by atoms with van der Waals surface area (Å²) >= 11 is 0. The molecule has 0 fully saturated rings. The van der Waals surface area contributed by atoms with Gasteiger partial charge in [0.1, 0.15) is 24.7 Å². The van der Waals surface area contributed by atoms with Gasteiger partial charge < -0.3 is 14.6 Å². The van der Waals surface area contributed by atoms with Gasteiger partial charge in [0.05, 0.1) is 5.41 Å². The van der Waals surface area contributed by atoms with E-state index in [1.165, 1.54) is 22.3 Å². The number of ether oxygens (including phenoxy) is 2. The van der Waals surface area contributed by atoms with Crippen molar-refractivity contribution in [2.24, 2.45) is 0 Å². The monoisotopic (exact) mass is 476 g/mol. The minimum atomic E-state index is -0.540. The lowest BCUT2D eigenvalue weighted by molar-refractivity contribution is -0.139. The number of carbonyl (C=O) groups excluding carboxylic acids is 1. The fourth-order valence-electron chi connectivity index (χ4n) is 5.13. The van der Waals surface area contributed by atoms with Crippen LogP contribution in [0.4, 0.5) is 0 Å². The van der Waals surface area contributed by atoms with Gasteiger partial charge in [-0.25, -0.2) is 4.79 Å². The Balaban J connectivity index is 1.57. The van der Waals surface area contributed by atoms with Gasteiger partial charge in [-0.1, -0.05) is 79.4 Å². The molecule has 0 aliphatic heterocycles. The fraction of sp³-hybridized carbons (Fsp3) is 0.156. The Bertz CT molecular complexity index is 1400. The van der Waals surface area contributed by atoms with Crippen LogP contribution in [0.25, 0.3) is 11.1 Å². The summed E-state index contributed by atoms with van der Waals surface area (Å²) < 4.78 is 10.9. The van der Waals surface area contributed by atoms with Gasteiger partial charge in [-0.05, 0) is 71.0 Å². The number of benzene rings is 4. The molecular formula is C32H28O4. The van der Waals surface area contributed by atoms with Gasteiger partial charge in [0.2, 0.25) is 0 Å². The van der Waals surface area contributed by atoms with Gasteiger partial charge in [0.15, 0.2) is 0 Å². The first kappa shape index (κ1) is 23.4. The molecule has 0 amide bonds. The molecule has 1 N–H and O–H groups in total. The number of aromatic hydroxyl groups is 1. The highest BCUT2D eigenvalue weighted by molar-refractivity contribution is 5.87. The molecule has 0 spiro atoms. The van der Waals surface area contributed by atoms with Crippen LogP contribution in [0.1, 0.15) is 34.7 Å². The van der Waals surface area contributed by atoms with Gasteiger partial charge in [-0.2, -0.15) is 0 Å². The van der Waals surface area contributed by atoms with Crippen LogP contribution in [0.2, 0.25) is 0 Å². The third kappa shape index (κ3) is 3.85. The Morgan fingerprint density at radius 3 is 2.00 bits per heavy atom. The molecule has 0 saturated carbocycles. The van der Waals surface area contributed by atoms with Crippen molar-refractivity contribution in [3.05, 3.63) is 131 Å². The van der Waals surface area contributed by atoms with Crippen LogP contribution in [0, 0.1) is 6.92 Å². The van der Waals surface area contributed by atoms with Gasteiger partial charge in [-0.15, -0.1) is 0 Å². The number of phenolic OH excluding ortho intramolecular Hbond substituents is 1. The number of aryl methyl sites for hydroxylation is 1. The maximum atomic E-state index is 11.6. The third-order valence-electron chi connectivity index (χ3n) is 6.80. The number of fused-ring (bicyclic) bond motifs is 3. The summed E-state index contributed by atoms with van der Waals surface area (Å²) in [7, 11) is 0. The Hall–Kier alpha value is -4.31. The average molecular weight is 477 g/mol. The van der Waals surface area contributed by atoms with E-state index in [1.54, 1.807) is 13.0 Å². The number of hydrogen-bond donors (Lipinski definition) is 1. The minimum absolute atomic E-state index is 0.158. The maximum absolute atomic E-state index is 11.6. The zero-order chi connectivity index (χ0) is 25.3. The highest BCUT2D eigenvalue weighted by Gasteiger charge is 2.45. The average Bonchev–Trinajstić information content (AvgIpc) is 3.20. The lowest BCUT2D eigenvalue weighted by atomic mass is 9.67. The summed E-state index contributed by atoms with van der Waals surface area (Å²) in [6.07, 6.45) is 0.